The number of halogens is 1. The van der Waals surface area contributed by atoms with Gasteiger partial charge in [-0.05, 0) is 36.2 Å². The van der Waals surface area contributed by atoms with Crippen molar-refractivity contribution in [3.8, 4) is 5.75 Å². The van der Waals surface area contributed by atoms with E-state index in [-0.39, 0.29) is 0 Å². The number of nitrogens with one attached hydrogen (secondary N) is 2. The Bertz CT molecular complexity index is 630. The van der Waals surface area contributed by atoms with E-state index in [2.05, 4.69) is 34.9 Å². The van der Waals surface area contributed by atoms with Gasteiger partial charge in [0.1, 0.15) is 5.75 Å². The maximum absolute atomic E-state index is 6.08. The lowest BCUT2D eigenvalue weighted by atomic mass is 9.99. The number of ether oxygens (including phenoxy) is 1. The molecule has 1 aliphatic rings. The lowest BCUT2D eigenvalue weighted by Crippen LogP contribution is -2.15. The fourth-order valence-electron chi connectivity index (χ4n) is 2.76. The van der Waals surface area contributed by atoms with E-state index >= 15 is 0 Å². The van der Waals surface area contributed by atoms with Crippen molar-refractivity contribution in [2.24, 2.45) is 0 Å². The first-order valence-electron chi connectivity index (χ1n) is 7.16. The van der Waals surface area contributed by atoms with Gasteiger partial charge < -0.3 is 15.4 Å². The minimum atomic E-state index is 0.294. The van der Waals surface area contributed by atoms with Crippen molar-refractivity contribution >= 4 is 17.3 Å². The van der Waals surface area contributed by atoms with Crippen LogP contribution in [-0.2, 0) is 6.54 Å². The Balaban J connectivity index is 1.87. The predicted octanol–water partition coefficient (Wildman–Crippen LogP) is 4.00. The summed E-state index contributed by atoms with van der Waals surface area (Å²) in [6.45, 7) is 1.93. The van der Waals surface area contributed by atoms with Gasteiger partial charge in [0.15, 0.2) is 0 Å². The Morgan fingerprint density at radius 1 is 1.24 bits per heavy atom. The zero-order chi connectivity index (χ0) is 14.7. The van der Waals surface area contributed by atoms with Gasteiger partial charge in [0.05, 0.1) is 18.2 Å². The van der Waals surface area contributed by atoms with E-state index in [4.69, 9.17) is 16.3 Å². The molecule has 2 aromatic rings. The van der Waals surface area contributed by atoms with Crippen molar-refractivity contribution in [3.63, 3.8) is 0 Å². The van der Waals surface area contributed by atoms with Crippen LogP contribution in [0.4, 0.5) is 5.69 Å². The minimum Gasteiger partial charge on any atom is -0.495 e. The van der Waals surface area contributed by atoms with Crippen molar-refractivity contribution < 1.29 is 4.74 Å². The molecule has 0 amide bonds. The zero-order valence-electron chi connectivity index (χ0n) is 12.0. The van der Waals surface area contributed by atoms with Crippen LogP contribution in [0.15, 0.2) is 42.5 Å². The zero-order valence-corrected chi connectivity index (χ0v) is 12.8. The summed E-state index contributed by atoms with van der Waals surface area (Å²) in [5.41, 5.74) is 3.74. The Morgan fingerprint density at radius 3 is 2.95 bits per heavy atom. The summed E-state index contributed by atoms with van der Waals surface area (Å²) in [6, 6.07) is 14.7. The number of methoxy groups -OCH3 is 1. The van der Waals surface area contributed by atoms with E-state index in [1.165, 1.54) is 11.1 Å². The summed E-state index contributed by atoms with van der Waals surface area (Å²) >= 11 is 6.08. The van der Waals surface area contributed by atoms with Crippen LogP contribution in [0.5, 0.6) is 5.75 Å². The first-order valence-corrected chi connectivity index (χ1v) is 7.54. The molecule has 110 valence electrons. The first-order chi connectivity index (χ1) is 10.3. The second kappa shape index (κ2) is 6.37. The summed E-state index contributed by atoms with van der Waals surface area (Å²) in [5.74, 6) is 0.696. The lowest BCUT2D eigenvalue weighted by Gasteiger charge is -2.20. The molecule has 1 unspecified atom stereocenters. The van der Waals surface area contributed by atoms with Crippen LogP contribution in [0.3, 0.4) is 0 Å². The quantitative estimate of drug-likeness (QED) is 0.899. The average Bonchev–Trinajstić information content (AvgIpc) is 2.72. The smallest absolute Gasteiger partial charge is 0.139 e. The molecular formula is C17H19ClN2O. The number of hydrogen-bond acceptors (Lipinski definition) is 3. The molecule has 3 nitrogen and oxygen atoms in total. The third kappa shape index (κ3) is 3.14. The Hall–Kier alpha value is -1.71. The van der Waals surface area contributed by atoms with Crippen LogP contribution in [0.1, 0.15) is 23.6 Å². The van der Waals surface area contributed by atoms with E-state index in [9.17, 15) is 0 Å². The van der Waals surface area contributed by atoms with Gasteiger partial charge in [-0.3, -0.25) is 0 Å². The van der Waals surface area contributed by atoms with Gasteiger partial charge in [-0.25, -0.2) is 0 Å². The number of hydrogen-bond donors (Lipinski definition) is 2. The molecule has 2 aromatic carbocycles. The Kier molecular flexibility index (Phi) is 4.32. The molecule has 0 aliphatic carbocycles. The summed E-state index contributed by atoms with van der Waals surface area (Å²) in [7, 11) is 1.63. The second-order valence-corrected chi connectivity index (χ2v) is 5.62. The summed E-state index contributed by atoms with van der Waals surface area (Å²) < 4.78 is 5.28. The van der Waals surface area contributed by atoms with Crippen LogP contribution in [0.2, 0.25) is 5.02 Å². The summed E-state index contributed by atoms with van der Waals surface area (Å²) in [5, 5.41) is 7.70. The van der Waals surface area contributed by atoms with E-state index in [1.54, 1.807) is 7.11 Å². The molecule has 0 fully saturated rings. The molecule has 1 heterocycles. The van der Waals surface area contributed by atoms with Crippen LogP contribution >= 0.6 is 11.6 Å². The molecule has 2 N–H and O–H groups in total. The molecule has 0 radical (unpaired) electrons. The molecule has 1 atom stereocenters. The van der Waals surface area contributed by atoms with Crippen LogP contribution < -0.4 is 15.4 Å². The Morgan fingerprint density at radius 2 is 2.10 bits per heavy atom. The third-order valence-electron chi connectivity index (χ3n) is 3.85. The minimum absolute atomic E-state index is 0.294. The third-order valence-corrected chi connectivity index (χ3v) is 4.16. The van der Waals surface area contributed by atoms with Gasteiger partial charge in [0.2, 0.25) is 0 Å². The summed E-state index contributed by atoms with van der Waals surface area (Å²) in [4.78, 5) is 0. The Labute approximate surface area is 130 Å². The van der Waals surface area contributed by atoms with E-state index in [0.717, 1.165) is 25.2 Å². The van der Waals surface area contributed by atoms with Crippen molar-refractivity contribution in [2.75, 3.05) is 19.0 Å². The second-order valence-electron chi connectivity index (χ2n) is 5.21. The topological polar surface area (TPSA) is 33.3 Å². The van der Waals surface area contributed by atoms with Gasteiger partial charge >= 0.3 is 0 Å². The molecule has 1 aliphatic heterocycles. The summed E-state index contributed by atoms with van der Waals surface area (Å²) in [6.07, 6.45) is 1.04. The molecule has 0 bridgehead atoms. The largest absolute Gasteiger partial charge is 0.495 e. The van der Waals surface area contributed by atoms with Crippen molar-refractivity contribution in [2.45, 2.75) is 19.0 Å². The van der Waals surface area contributed by atoms with E-state index < -0.39 is 0 Å². The van der Waals surface area contributed by atoms with Crippen LogP contribution in [0.25, 0.3) is 0 Å². The lowest BCUT2D eigenvalue weighted by molar-refractivity contribution is 0.415. The van der Waals surface area contributed by atoms with Gasteiger partial charge in [0, 0.05) is 18.3 Å². The fourth-order valence-corrected chi connectivity index (χ4v) is 2.96. The number of fused-ring (bicyclic) bond motifs is 1. The van der Waals surface area contributed by atoms with E-state index in [1.807, 2.05) is 18.2 Å². The van der Waals surface area contributed by atoms with Gasteiger partial charge in [-0.1, -0.05) is 35.9 Å². The number of benzene rings is 2. The van der Waals surface area contributed by atoms with Gasteiger partial charge in [0.25, 0.3) is 0 Å². The standard InChI is InChI=1S/C17H19ClN2O/c1-21-17-10-13(6-7-15(17)18)20-16-8-9-19-11-12-4-2-3-5-14(12)16/h2-7,10,16,19-20H,8-9,11H2,1H3. The van der Waals surface area contributed by atoms with Gasteiger partial charge in [-0.15, -0.1) is 0 Å². The first kappa shape index (κ1) is 14.2. The monoisotopic (exact) mass is 302 g/mol. The highest BCUT2D eigenvalue weighted by Gasteiger charge is 2.18. The molecule has 0 saturated heterocycles. The van der Waals surface area contributed by atoms with Crippen molar-refractivity contribution in [3.05, 3.63) is 58.6 Å². The van der Waals surface area contributed by atoms with Crippen molar-refractivity contribution in [1.29, 1.82) is 0 Å². The maximum atomic E-state index is 6.08. The number of anilines is 1. The molecule has 0 spiro atoms. The van der Waals surface area contributed by atoms with Crippen molar-refractivity contribution in [1.82, 2.24) is 5.32 Å². The van der Waals surface area contributed by atoms with Crippen LogP contribution in [-0.4, -0.2) is 13.7 Å². The molecular weight excluding hydrogens is 284 g/mol. The normalized spacial score (nSPS) is 17.7. The fraction of sp³-hybridized carbons (Fsp3) is 0.294. The average molecular weight is 303 g/mol. The van der Waals surface area contributed by atoms with Crippen LogP contribution in [0, 0.1) is 0 Å². The molecule has 4 heteroatoms. The highest BCUT2D eigenvalue weighted by Crippen LogP contribution is 2.31. The predicted molar refractivity (Wildman–Crippen MR) is 87.1 cm³/mol. The molecule has 0 aromatic heterocycles. The molecule has 3 rings (SSSR count). The maximum Gasteiger partial charge on any atom is 0.139 e. The van der Waals surface area contributed by atoms with E-state index in [0.29, 0.717) is 16.8 Å². The highest BCUT2D eigenvalue weighted by atomic mass is 35.5. The molecule has 0 saturated carbocycles. The SMILES string of the molecule is COc1cc(NC2CCNCc3ccccc32)ccc1Cl. The highest BCUT2D eigenvalue weighted by molar-refractivity contribution is 6.32. The molecule has 21 heavy (non-hydrogen) atoms. The number of rotatable bonds is 3. The van der Waals surface area contributed by atoms with Gasteiger partial charge in [-0.2, -0.15) is 0 Å².